The molecular weight excluding hydrogens is 247 g/mol. The van der Waals surface area contributed by atoms with Gasteiger partial charge in [0.2, 0.25) is 5.89 Å². The largest absolute Gasteiger partial charge is 0.484 e. The van der Waals surface area contributed by atoms with Gasteiger partial charge < -0.3 is 9.15 Å². The topological polar surface area (TPSA) is 48.2 Å². The number of alkyl halides is 1. The minimum atomic E-state index is -0.331. The lowest BCUT2D eigenvalue weighted by Gasteiger charge is -2.02. The summed E-state index contributed by atoms with van der Waals surface area (Å²) in [4.78, 5) is 0. The van der Waals surface area contributed by atoms with Gasteiger partial charge in [-0.15, -0.1) is 21.8 Å². The zero-order valence-corrected chi connectivity index (χ0v) is 9.82. The van der Waals surface area contributed by atoms with Crippen molar-refractivity contribution >= 4 is 11.6 Å². The molecule has 0 spiro atoms. The summed E-state index contributed by atoms with van der Waals surface area (Å²) in [7, 11) is 0. The smallest absolute Gasteiger partial charge is 0.253 e. The fraction of sp³-hybridized carbons (Fsp3) is 0.273. The van der Waals surface area contributed by atoms with Gasteiger partial charge in [-0.3, -0.25) is 0 Å². The van der Waals surface area contributed by atoms with Crippen LogP contribution >= 0.6 is 11.6 Å². The molecule has 90 valence electrons. The summed E-state index contributed by atoms with van der Waals surface area (Å²) in [5.74, 6) is 0.902. The molecule has 0 fully saturated rings. The first-order valence-electron chi connectivity index (χ1n) is 5.00. The average molecular weight is 257 g/mol. The molecule has 2 rings (SSSR count). The van der Waals surface area contributed by atoms with Crippen LogP contribution in [0.3, 0.4) is 0 Å². The molecule has 1 unspecified atom stereocenters. The molecule has 17 heavy (non-hydrogen) atoms. The third-order valence-corrected chi connectivity index (χ3v) is 2.19. The Balaban J connectivity index is 1.95. The number of halogens is 2. The number of ether oxygens (including phenoxy) is 1. The first kappa shape index (κ1) is 11.9. The van der Waals surface area contributed by atoms with Gasteiger partial charge in [0.1, 0.15) is 16.9 Å². The van der Waals surface area contributed by atoms with Crippen LogP contribution in [0.5, 0.6) is 5.75 Å². The molecule has 1 atom stereocenters. The van der Waals surface area contributed by atoms with E-state index in [1.54, 1.807) is 6.92 Å². The van der Waals surface area contributed by atoms with Gasteiger partial charge in [-0.25, -0.2) is 4.39 Å². The Morgan fingerprint density at radius 2 is 2.06 bits per heavy atom. The van der Waals surface area contributed by atoms with E-state index in [1.165, 1.54) is 24.3 Å². The maximum Gasteiger partial charge on any atom is 0.253 e. The third kappa shape index (κ3) is 3.17. The minimum absolute atomic E-state index is 0.127. The number of nitrogens with zero attached hydrogens (tertiary/aromatic N) is 2. The monoisotopic (exact) mass is 256 g/mol. The molecule has 0 aliphatic heterocycles. The molecule has 1 aromatic carbocycles. The molecule has 0 bridgehead atoms. The lowest BCUT2D eigenvalue weighted by Crippen LogP contribution is -1.95. The summed E-state index contributed by atoms with van der Waals surface area (Å²) in [5.41, 5.74) is 0. The van der Waals surface area contributed by atoms with Crippen molar-refractivity contribution in [2.24, 2.45) is 0 Å². The van der Waals surface area contributed by atoms with Crippen LogP contribution in [-0.2, 0) is 6.61 Å². The predicted molar refractivity (Wildman–Crippen MR) is 59.3 cm³/mol. The molecule has 0 radical (unpaired) electrons. The Kier molecular flexibility index (Phi) is 3.58. The van der Waals surface area contributed by atoms with Gasteiger partial charge in [0.25, 0.3) is 5.89 Å². The molecule has 2 aromatic rings. The van der Waals surface area contributed by atoms with Crippen LogP contribution in [0.25, 0.3) is 0 Å². The van der Waals surface area contributed by atoms with Crippen LogP contribution in [0.15, 0.2) is 28.7 Å². The molecule has 1 aromatic heterocycles. The maximum atomic E-state index is 12.6. The highest BCUT2D eigenvalue weighted by Crippen LogP contribution is 2.18. The second-order valence-electron chi connectivity index (χ2n) is 3.39. The number of rotatable bonds is 4. The quantitative estimate of drug-likeness (QED) is 0.789. The van der Waals surface area contributed by atoms with Crippen LogP contribution in [0.2, 0.25) is 0 Å². The van der Waals surface area contributed by atoms with Crippen molar-refractivity contribution in [3.05, 3.63) is 41.9 Å². The highest BCUT2D eigenvalue weighted by molar-refractivity contribution is 6.20. The van der Waals surface area contributed by atoms with Gasteiger partial charge in [0.05, 0.1) is 0 Å². The van der Waals surface area contributed by atoms with Gasteiger partial charge in [0, 0.05) is 0 Å². The third-order valence-electron chi connectivity index (χ3n) is 2.00. The van der Waals surface area contributed by atoms with E-state index in [1.807, 2.05) is 0 Å². The fourth-order valence-electron chi connectivity index (χ4n) is 1.16. The normalized spacial score (nSPS) is 12.4. The van der Waals surface area contributed by atoms with Gasteiger partial charge >= 0.3 is 0 Å². The van der Waals surface area contributed by atoms with Crippen LogP contribution < -0.4 is 4.74 Å². The second kappa shape index (κ2) is 5.14. The standard InChI is InChI=1S/C11H10ClFN2O2/c1-7(12)11-15-14-10(17-11)6-16-9-4-2-8(13)3-5-9/h2-5,7H,6H2,1H3. The minimum Gasteiger partial charge on any atom is -0.484 e. The molecule has 0 saturated carbocycles. The van der Waals surface area contributed by atoms with E-state index in [0.717, 1.165) is 0 Å². The van der Waals surface area contributed by atoms with Crippen molar-refractivity contribution in [3.8, 4) is 5.75 Å². The first-order chi connectivity index (χ1) is 8.15. The van der Waals surface area contributed by atoms with Crippen molar-refractivity contribution in [1.82, 2.24) is 10.2 Å². The van der Waals surface area contributed by atoms with Gasteiger partial charge in [-0.05, 0) is 31.2 Å². The van der Waals surface area contributed by atoms with E-state index in [0.29, 0.717) is 17.5 Å². The van der Waals surface area contributed by atoms with Crippen molar-refractivity contribution < 1.29 is 13.5 Å². The summed E-state index contributed by atoms with van der Waals surface area (Å²) in [5, 5.41) is 7.19. The van der Waals surface area contributed by atoms with Crippen LogP contribution in [0, 0.1) is 5.82 Å². The lowest BCUT2D eigenvalue weighted by atomic mass is 10.3. The van der Waals surface area contributed by atoms with Crippen LogP contribution in [0.1, 0.15) is 24.1 Å². The molecule has 0 saturated heterocycles. The summed E-state index contributed by atoms with van der Waals surface area (Å²) in [6.07, 6.45) is 0. The first-order valence-corrected chi connectivity index (χ1v) is 5.43. The Labute approximate surface area is 102 Å². The Bertz CT molecular complexity index is 484. The summed E-state index contributed by atoms with van der Waals surface area (Å²) >= 11 is 5.77. The van der Waals surface area contributed by atoms with Gasteiger partial charge in [-0.2, -0.15) is 0 Å². The van der Waals surface area contributed by atoms with E-state index in [-0.39, 0.29) is 17.8 Å². The summed E-state index contributed by atoms with van der Waals surface area (Å²) < 4.78 is 23.2. The molecular formula is C11H10ClFN2O2. The Morgan fingerprint density at radius 3 is 2.65 bits per heavy atom. The molecule has 1 heterocycles. The van der Waals surface area contributed by atoms with Crippen molar-refractivity contribution in [1.29, 1.82) is 0 Å². The Morgan fingerprint density at radius 1 is 1.35 bits per heavy atom. The Hall–Kier alpha value is -1.62. The maximum absolute atomic E-state index is 12.6. The van der Waals surface area contributed by atoms with Crippen molar-refractivity contribution in [2.75, 3.05) is 0 Å². The zero-order valence-electron chi connectivity index (χ0n) is 9.06. The highest BCUT2D eigenvalue weighted by Gasteiger charge is 2.11. The molecule has 6 heteroatoms. The second-order valence-corrected chi connectivity index (χ2v) is 4.05. The highest BCUT2D eigenvalue weighted by atomic mass is 35.5. The number of hydrogen-bond acceptors (Lipinski definition) is 4. The number of benzene rings is 1. The van der Waals surface area contributed by atoms with Crippen LogP contribution in [-0.4, -0.2) is 10.2 Å². The fourth-order valence-corrected chi connectivity index (χ4v) is 1.25. The van der Waals surface area contributed by atoms with E-state index >= 15 is 0 Å². The molecule has 0 aliphatic rings. The number of aromatic nitrogens is 2. The van der Waals surface area contributed by atoms with Crippen LogP contribution in [0.4, 0.5) is 4.39 Å². The van der Waals surface area contributed by atoms with E-state index < -0.39 is 0 Å². The SMILES string of the molecule is CC(Cl)c1nnc(COc2ccc(F)cc2)o1. The summed E-state index contributed by atoms with van der Waals surface area (Å²) in [6.45, 7) is 1.86. The molecule has 0 aliphatic carbocycles. The molecule has 0 N–H and O–H groups in total. The average Bonchev–Trinajstić information content (AvgIpc) is 2.77. The summed E-state index contributed by atoms with van der Waals surface area (Å²) in [6, 6.07) is 5.68. The number of hydrogen-bond donors (Lipinski definition) is 0. The molecule has 0 amide bonds. The van der Waals surface area contributed by atoms with Gasteiger partial charge in [0.15, 0.2) is 6.61 Å². The zero-order chi connectivity index (χ0) is 12.3. The van der Waals surface area contributed by atoms with E-state index in [9.17, 15) is 4.39 Å². The predicted octanol–water partition coefficient (Wildman–Crippen LogP) is 3.09. The van der Waals surface area contributed by atoms with Crippen molar-refractivity contribution in [2.45, 2.75) is 18.9 Å². The van der Waals surface area contributed by atoms with E-state index in [2.05, 4.69) is 10.2 Å². The lowest BCUT2D eigenvalue weighted by molar-refractivity contribution is 0.258. The van der Waals surface area contributed by atoms with Gasteiger partial charge in [-0.1, -0.05) is 0 Å². The van der Waals surface area contributed by atoms with E-state index in [4.69, 9.17) is 20.8 Å². The molecule has 4 nitrogen and oxygen atoms in total. The van der Waals surface area contributed by atoms with Crippen molar-refractivity contribution in [3.63, 3.8) is 0 Å².